The standard InChI is InChI=1S/C25H21N3O8S/c1-13-21(24(31)35-4)22(16-8-9-18(36-14(2)29)19(12-16)34-3)27-23(30)20(37-25(27)26-13)11-15-6-5-7-17(10-15)28(32)33/h5-12,22H,1-4H3/b20-11-. The Balaban J connectivity index is 1.95. The molecule has 1 unspecified atom stereocenters. The zero-order valence-corrected chi connectivity index (χ0v) is 21.0. The summed E-state index contributed by atoms with van der Waals surface area (Å²) in [4.78, 5) is 53.4. The quantitative estimate of drug-likeness (QED) is 0.207. The molecule has 3 aromatic rings. The second kappa shape index (κ2) is 10.2. The molecule has 12 heteroatoms. The summed E-state index contributed by atoms with van der Waals surface area (Å²) in [6.45, 7) is 2.90. The molecule has 1 aliphatic rings. The molecule has 0 radical (unpaired) electrons. The molecule has 0 amide bonds. The van der Waals surface area contributed by atoms with Gasteiger partial charge in [0.05, 0.1) is 41.0 Å². The van der Waals surface area contributed by atoms with Gasteiger partial charge in [-0.15, -0.1) is 0 Å². The lowest BCUT2D eigenvalue weighted by molar-refractivity contribution is -0.384. The van der Waals surface area contributed by atoms with Crippen LogP contribution in [0.25, 0.3) is 6.08 Å². The summed E-state index contributed by atoms with van der Waals surface area (Å²) in [5, 5.41) is 11.2. The minimum Gasteiger partial charge on any atom is -0.493 e. The van der Waals surface area contributed by atoms with Crippen molar-refractivity contribution < 1.29 is 28.7 Å². The van der Waals surface area contributed by atoms with Gasteiger partial charge in [-0.3, -0.25) is 24.3 Å². The maximum Gasteiger partial charge on any atom is 0.338 e. The first-order valence-corrected chi connectivity index (χ1v) is 11.7. The second-order valence-corrected chi connectivity index (χ2v) is 8.94. The Bertz CT molecular complexity index is 1650. The third-order valence-electron chi connectivity index (χ3n) is 5.56. The summed E-state index contributed by atoms with van der Waals surface area (Å²) in [7, 11) is 2.64. The second-order valence-electron chi connectivity index (χ2n) is 7.93. The van der Waals surface area contributed by atoms with Gasteiger partial charge in [-0.05, 0) is 36.3 Å². The van der Waals surface area contributed by atoms with Crippen LogP contribution in [0.2, 0.25) is 0 Å². The molecule has 2 heterocycles. The number of nitrogens with zero attached hydrogens (tertiary/aromatic N) is 3. The van der Waals surface area contributed by atoms with Crippen molar-refractivity contribution >= 4 is 35.0 Å². The number of nitro benzene ring substituents is 1. The summed E-state index contributed by atoms with van der Waals surface area (Å²) in [5.41, 5.74) is 0.917. The Labute approximate surface area is 213 Å². The predicted octanol–water partition coefficient (Wildman–Crippen LogP) is 2.25. The third kappa shape index (κ3) is 4.91. The van der Waals surface area contributed by atoms with Gasteiger partial charge in [0, 0.05) is 19.1 Å². The molecule has 0 fully saturated rings. The van der Waals surface area contributed by atoms with E-state index in [4.69, 9.17) is 14.2 Å². The van der Waals surface area contributed by atoms with E-state index in [0.717, 1.165) is 11.3 Å². The molecule has 0 saturated heterocycles. The number of methoxy groups -OCH3 is 2. The normalized spacial score (nSPS) is 15.0. The van der Waals surface area contributed by atoms with Crippen molar-refractivity contribution in [2.24, 2.45) is 4.99 Å². The third-order valence-corrected chi connectivity index (χ3v) is 6.55. The fraction of sp³-hybridized carbons (Fsp3) is 0.200. The van der Waals surface area contributed by atoms with Gasteiger partial charge in [0.15, 0.2) is 16.3 Å². The van der Waals surface area contributed by atoms with Crippen LogP contribution >= 0.6 is 11.3 Å². The number of non-ortho nitro benzene ring substituents is 1. The van der Waals surface area contributed by atoms with Crippen LogP contribution in [-0.4, -0.2) is 35.6 Å². The number of hydrogen-bond acceptors (Lipinski definition) is 10. The molecule has 4 rings (SSSR count). The van der Waals surface area contributed by atoms with Gasteiger partial charge >= 0.3 is 11.9 Å². The topological polar surface area (TPSA) is 139 Å². The van der Waals surface area contributed by atoms with E-state index in [0.29, 0.717) is 21.6 Å². The fourth-order valence-electron chi connectivity index (χ4n) is 3.98. The maximum absolute atomic E-state index is 13.6. The van der Waals surface area contributed by atoms with Gasteiger partial charge in [0.25, 0.3) is 11.2 Å². The van der Waals surface area contributed by atoms with Crippen LogP contribution in [0.3, 0.4) is 0 Å². The highest BCUT2D eigenvalue weighted by atomic mass is 32.1. The molecule has 0 bridgehead atoms. The number of aromatic nitrogens is 1. The van der Waals surface area contributed by atoms with E-state index < -0.39 is 28.5 Å². The van der Waals surface area contributed by atoms with Crippen LogP contribution in [0.5, 0.6) is 11.5 Å². The Morgan fingerprint density at radius 2 is 1.92 bits per heavy atom. The number of carbonyl (C=O) groups excluding carboxylic acids is 2. The van der Waals surface area contributed by atoms with E-state index in [2.05, 4.69) is 4.99 Å². The molecule has 37 heavy (non-hydrogen) atoms. The summed E-state index contributed by atoms with van der Waals surface area (Å²) in [6, 6.07) is 9.67. The molecular formula is C25H21N3O8S. The molecule has 0 N–H and O–H groups in total. The first kappa shape index (κ1) is 25.5. The van der Waals surface area contributed by atoms with Crippen LogP contribution in [0.4, 0.5) is 5.69 Å². The van der Waals surface area contributed by atoms with E-state index in [1.807, 2.05) is 0 Å². The van der Waals surface area contributed by atoms with Gasteiger partial charge in [-0.2, -0.15) is 0 Å². The fourth-order valence-corrected chi connectivity index (χ4v) is 5.03. The zero-order chi connectivity index (χ0) is 26.9. The number of fused-ring (bicyclic) bond motifs is 1. The average molecular weight is 524 g/mol. The van der Waals surface area contributed by atoms with E-state index in [1.165, 1.54) is 56.1 Å². The molecular weight excluding hydrogens is 502 g/mol. The van der Waals surface area contributed by atoms with E-state index in [1.54, 1.807) is 25.1 Å². The van der Waals surface area contributed by atoms with Gasteiger partial charge in [0.1, 0.15) is 0 Å². The minimum absolute atomic E-state index is 0.108. The van der Waals surface area contributed by atoms with E-state index in [9.17, 15) is 24.5 Å². The number of thiazole rings is 1. The Morgan fingerprint density at radius 3 is 2.57 bits per heavy atom. The SMILES string of the molecule is COC(=O)C1=C(C)N=c2s/c(=C\c3cccc([N+](=O)[O-])c3)c(=O)n2C1c1ccc(OC(C)=O)c(OC)c1. The lowest BCUT2D eigenvalue weighted by Crippen LogP contribution is -2.39. The van der Waals surface area contributed by atoms with Crippen LogP contribution in [0.1, 0.15) is 31.0 Å². The molecule has 0 saturated carbocycles. The molecule has 2 aromatic carbocycles. The predicted molar refractivity (Wildman–Crippen MR) is 133 cm³/mol. The number of carbonyl (C=O) groups is 2. The number of hydrogen-bond donors (Lipinski definition) is 0. The summed E-state index contributed by atoms with van der Waals surface area (Å²) >= 11 is 1.09. The summed E-state index contributed by atoms with van der Waals surface area (Å²) in [6.07, 6.45) is 1.54. The number of allylic oxidation sites excluding steroid dienone is 1. The highest BCUT2D eigenvalue weighted by Crippen LogP contribution is 2.36. The lowest BCUT2D eigenvalue weighted by atomic mass is 9.95. The van der Waals surface area contributed by atoms with E-state index >= 15 is 0 Å². The summed E-state index contributed by atoms with van der Waals surface area (Å²) in [5.74, 6) is -0.796. The van der Waals surface area contributed by atoms with E-state index in [-0.39, 0.29) is 27.3 Å². The van der Waals surface area contributed by atoms with Gasteiger partial charge < -0.3 is 14.2 Å². The number of rotatable bonds is 6. The molecule has 11 nitrogen and oxygen atoms in total. The highest BCUT2D eigenvalue weighted by Gasteiger charge is 2.33. The number of esters is 2. The van der Waals surface area contributed by atoms with Crippen molar-refractivity contribution in [2.45, 2.75) is 19.9 Å². The van der Waals surface area contributed by atoms with Crippen molar-refractivity contribution in [1.29, 1.82) is 0 Å². The molecule has 1 atom stereocenters. The Morgan fingerprint density at radius 1 is 1.16 bits per heavy atom. The largest absolute Gasteiger partial charge is 0.493 e. The minimum atomic E-state index is -0.920. The van der Waals surface area contributed by atoms with Crippen molar-refractivity contribution in [3.8, 4) is 11.5 Å². The van der Waals surface area contributed by atoms with Gasteiger partial charge in [-0.1, -0.05) is 29.5 Å². The monoisotopic (exact) mass is 523 g/mol. The van der Waals surface area contributed by atoms with Crippen molar-refractivity contribution in [1.82, 2.24) is 4.57 Å². The first-order chi connectivity index (χ1) is 17.6. The van der Waals surface area contributed by atoms with Crippen molar-refractivity contribution in [3.63, 3.8) is 0 Å². The molecule has 0 spiro atoms. The summed E-state index contributed by atoms with van der Waals surface area (Å²) < 4.78 is 17.2. The van der Waals surface area contributed by atoms with Crippen LogP contribution in [-0.2, 0) is 14.3 Å². The maximum atomic E-state index is 13.6. The average Bonchev–Trinajstić information content (AvgIpc) is 3.17. The molecule has 0 aliphatic carbocycles. The van der Waals surface area contributed by atoms with Gasteiger partial charge in [0.2, 0.25) is 0 Å². The number of nitro groups is 1. The smallest absolute Gasteiger partial charge is 0.338 e. The lowest BCUT2D eigenvalue weighted by Gasteiger charge is -2.25. The Kier molecular flexibility index (Phi) is 7.02. The van der Waals surface area contributed by atoms with Crippen LogP contribution in [0, 0.1) is 10.1 Å². The molecule has 1 aromatic heterocycles. The van der Waals surface area contributed by atoms with Gasteiger partial charge in [-0.25, -0.2) is 9.79 Å². The van der Waals surface area contributed by atoms with Crippen LogP contribution < -0.4 is 24.4 Å². The number of benzene rings is 2. The molecule has 190 valence electrons. The van der Waals surface area contributed by atoms with Crippen LogP contribution in [0.15, 0.2) is 63.5 Å². The highest BCUT2D eigenvalue weighted by molar-refractivity contribution is 7.07. The Hall–Kier alpha value is -4.58. The van der Waals surface area contributed by atoms with Crippen molar-refractivity contribution in [2.75, 3.05) is 14.2 Å². The zero-order valence-electron chi connectivity index (χ0n) is 20.2. The van der Waals surface area contributed by atoms with Crippen molar-refractivity contribution in [3.05, 3.63) is 94.7 Å². The first-order valence-electron chi connectivity index (χ1n) is 10.9. The number of ether oxygens (including phenoxy) is 3. The molecule has 1 aliphatic heterocycles.